The predicted molar refractivity (Wildman–Crippen MR) is 57.9 cm³/mol. The molecule has 0 radical (unpaired) electrons. The maximum absolute atomic E-state index is 11.2. The second-order valence-electron chi connectivity index (χ2n) is 4.80. The van der Waals surface area contributed by atoms with Crippen LogP contribution in [0.5, 0.6) is 0 Å². The molecule has 0 bridgehead atoms. The predicted octanol–water partition coefficient (Wildman–Crippen LogP) is 0.0600. The summed E-state index contributed by atoms with van der Waals surface area (Å²) in [6.45, 7) is 2.95. The Morgan fingerprint density at radius 1 is 1.38 bits per heavy atom. The molecule has 0 aromatic heterocycles. The number of nitrogens with one attached hydrogen (secondary N) is 1. The van der Waals surface area contributed by atoms with Crippen LogP contribution in [0.4, 0.5) is 0 Å². The van der Waals surface area contributed by atoms with E-state index in [9.17, 15) is 14.7 Å². The molecule has 2 unspecified atom stereocenters. The quantitative estimate of drug-likeness (QED) is 0.711. The number of rotatable bonds is 4. The van der Waals surface area contributed by atoms with E-state index in [-0.39, 0.29) is 18.0 Å². The highest BCUT2D eigenvalue weighted by atomic mass is 16.4. The Hall–Kier alpha value is -1.10. The van der Waals surface area contributed by atoms with Gasteiger partial charge in [-0.15, -0.1) is 0 Å². The molecule has 0 aromatic rings. The number of hydrogen-bond acceptors (Lipinski definition) is 3. The molecule has 5 nitrogen and oxygen atoms in total. The molecule has 1 saturated heterocycles. The number of nitrogens with zero attached hydrogens (tertiary/aromatic N) is 1. The van der Waals surface area contributed by atoms with Gasteiger partial charge in [0.25, 0.3) is 0 Å². The second kappa shape index (κ2) is 4.41. The van der Waals surface area contributed by atoms with E-state index in [1.807, 2.05) is 4.90 Å². The van der Waals surface area contributed by atoms with Crippen molar-refractivity contribution in [3.8, 4) is 0 Å². The number of carbonyl (C=O) groups excluding carboxylic acids is 1. The number of carbonyl (C=O) groups is 2. The van der Waals surface area contributed by atoms with Gasteiger partial charge in [-0.05, 0) is 25.2 Å². The molecule has 1 aliphatic carbocycles. The van der Waals surface area contributed by atoms with Gasteiger partial charge in [0.2, 0.25) is 5.91 Å². The van der Waals surface area contributed by atoms with Crippen molar-refractivity contribution in [3.05, 3.63) is 0 Å². The average Bonchev–Trinajstić information content (AvgIpc) is 2.87. The van der Waals surface area contributed by atoms with Crippen LogP contribution in [-0.2, 0) is 9.59 Å². The first-order valence-electron chi connectivity index (χ1n) is 5.82. The lowest BCUT2D eigenvalue weighted by molar-refractivity contribution is -0.143. The highest BCUT2D eigenvalue weighted by Crippen LogP contribution is 2.36. The van der Waals surface area contributed by atoms with Crippen LogP contribution in [0.3, 0.4) is 0 Å². The summed E-state index contributed by atoms with van der Waals surface area (Å²) in [5.41, 5.74) is 0. The van der Waals surface area contributed by atoms with Crippen LogP contribution in [0.1, 0.15) is 26.2 Å². The van der Waals surface area contributed by atoms with Gasteiger partial charge in [0, 0.05) is 26.1 Å². The summed E-state index contributed by atoms with van der Waals surface area (Å²) in [4.78, 5) is 24.1. The Kier molecular flexibility index (Phi) is 3.14. The molecular formula is C11H18N2O3. The van der Waals surface area contributed by atoms with Gasteiger partial charge in [-0.25, -0.2) is 0 Å². The molecule has 1 saturated carbocycles. The molecule has 5 heteroatoms. The molecule has 90 valence electrons. The van der Waals surface area contributed by atoms with Gasteiger partial charge >= 0.3 is 5.97 Å². The van der Waals surface area contributed by atoms with E-state index < -0.39 is 5.97 Å². The second-order valence-corrected chi connectivity index (χ2v) is 4.80. The number of amides is 1. The zero-order valence-corrected chi connectivity index (χ0v) is 9.48. The molecular weight excluding hydrogens is 208 g/mol. The first-order chi connectivity index (χ1) is 7.58. The van der Waals surface area contributed by atoms with Crippen molar-refractivity contribution in [1.29, 1.82) is 0 Å². The molecule has 2 rings (SSSR count). The fraction of sp³-hybridized carbons (Fsp3) is 0.818. The largest absolute Gasteiger partial charge is 0.480 e. The molecule has 1 heterocycles. The van der Waals surface area contributed by atoms with E-state index >= 15 is 0 Å². The molecule has 1 amide bonds. The summed E-state index contributed by atoms with van der Waals surface area (Å²) in [5.74, 6) is -0.426. The topological polar surface area (TPSA) is 69.6 Å². The van der Waals surface area contributed by atoms with Gasteiger partial charge in [0.1, 0.15) is 6.04 Å². The standard InChI is InChI=1S/C11H18N2O3/c1-7(14)12-9-4-5-13(6-9)10(11(15)16)8-2-3-8/h8-10H,2-6H2,1H3,(H,12,14)(H,15,16). The molecule has 1 aliphatic heterocycles. The first kappa shape index (κ1) is 11.4. The SMILES string of the molecule is CC(=O)NC1CCN(C(C(=O)O)C2CC2)C1. The Balaban J connectivity index is 1.90. The lowest BCUT2D eigenvalue weighted by Crippen LogP contribution is -2.43. The van der Waals surface area contributed by atoms with Crippen molar-refractivity contribution in [1.82, 2.24) is 10.2 Å². The molecule has 2 N–H and O–H groups in total. The van der Waals surface area contributed by atoms with E-state index in [1.165, 1.54) is 6.92 Å². The molecule has 2 fully saturated rings. The maximum Gasteiger partial charge on any atom is 0.321 e. The highest BCUT2D eigenvalue weighted by Gasteiger charge is 2.42. The van der Waals surface area contributed by atoms with Crippen LogP contribution in [0, 0.1) is 5.92 Å². The van der Waals surface area contributed by atoms with Gasteiger partial charge in [-0.1, -0.05) is 0 Å². The third-order valence-electron chi connectivity index (χ3n) is 3.34. The van der Waals surface area contributed by atoms with E-state index in [0.29, 0.717) is 12.5 Å². The average molecular weight is 226 g/mol. The number of aliphatic carboxylic acids is 1. The number of likely N-dealkylation sites (tertiary alicyclic amines) is 1. The third kappa shape index (κ3) is 2.52. The summed E-state index contributed by atoms with van der Waals surface area (Å²) in [5, 5.41) is 12.0. The van der Waals surface area contributed by atoms with Crippen LogP contribution in [0.25, 0.3) is 0 Å². The normalized spacial score (nSPS) is 27.7. The summed E-state index contributed by atoms with van der Waals surface area (Å²) in [6, 6.07) is -0.211. The molecule has 16 heavy (non-hydrogen) atoms. The smallest absolute Gasteiger partial charge is 0.321 e. The van der Waals surface area contributed by atoms with Crippen molar-refractivity contribution in [3.63, 3.8) is 0 Å². The van der Waals surface area contributed by atoms with Crippen LogP contribution >= 0.6 is 0 Å². The lowest BCUT2D eigenvalue weighted by atomic mass is 10.1. The fourth-order valence-corrected chi connectivity index (χ4v) is 2.51. The molecule has 0 aromatic carbocycles. The van der Waals surface area contributed by atoms with E-state index in [1.54, 1.807) is 0 Å². The van der Waals surface area contributed by atoms with E-state index in [2.05, 4.69) is 5.32 Å². The minimum Gasteiger partial charge on any atom is -0.480 e. The zero-order valence-electron chi connectivity index (χ0n) is 9.48. The van der Waals surface area contributed by atoms with E-state index in [4.69, 9.17) is 0 Å². The van der Waals surface area contributed by atoms with Gasteiger partial charge < -0.3 is 10.4 Å². The Morgan fingerprint density at radius 3 is 2.56 bits per heavy atom. The highest BCUT2D eigenvalue weighted by molar-refractivity contribution is 5.75. The summed E-state index contributed by atoms with van der Waals surface area (Å²) >= 11 is 0. The summed E-state index contributed by atoms with van der Waals surface area (Å²) in [7, 11) is 0. The Labute approximate surface area is 94.8 Å². The van der Waals surface area contributed by atoms with E-state index in [0.717, 1.165) is 25.8 Å². The first-order valence-corrected chi connectivity index (χ1v) is 5.82. The Bertz CT molecular complexity index is 302. The number of hydrogen-bond donors (Lipinski definition) is 2. The molecule has 0 spiro atoms. The third-order valence-corrected chi connectivity index (χ3v) is 3.34. The van der Waals surface area contributed by atoms with Crippen molar-refractivity contribution in [2.75, 3.05) is 13.1 Å². The van der Waals surface area contributed by atoms with Gasteiger partial charge in [0.15, 0.2) is 0 Å². The number of carboxylic acid groups (broad SMARTS) is 1. The van der Waals surface area contributed by atoms with Crippen LogP contribution in [0.2, 0.25) is 0 Å². The van der Waals surface area contributed by atoms with Crippen molar-refractivity contribution < 1.29 is 14.7 Å². The minimum atomic E-state index is -0.717. The fourth-order valence-electron chi connectivity index (χ4n) is 2.51. The summed E-state index contributed by atoms with van der Waals surface area (Å²) in [6.07, 6.45) is 2.91. The van der Waals surface area contributed by atoms with Crippen molar-refractivity contribution >= 4 is 11.9 Å². The van der Waals surface area contributed by atoms with Crippen LogP contribution in [-0.4, -0.2) is 47.1 Å². The van der Waals surface area contributed by atoms with Crippen molar-refractivity contribution in [2.45, 2.75) is 38.3 Å². The summed E-state index contributed by atoms with van der Waals surface area (Å²) < 4.78 is 0. The molecule has 2 atom stereocenters. The lowest BCUT2D eigenvalue weighted by Gasteiger charge is -2.24. The van der Waals surface area contributed by atoms with Gasteiger partial charge in [0.05, 0.1) is 0 Å². The molecule has 2 aliphatic rings. The van der Waals surface area contributed by atoms with Crippen LogP contribution < -0.4 is 5.32 Å². The number of carboxylic acids is 1. The van der Waals surface area contributed by atoms with Crippen molar-refractivity contribution in [2.24, 2.45) is 5.92 Å². The monoisotopic (exact) mass is 226 g/mol. The van der Waals surface area contributed by atoms with Crippen LogP contribution in [0.15, 0.2) is 0 Å². The van der Waals surface area contributed by atoms with Gasteiger partial charge in [-0.3, -0.25) is 14.5 Å². The maximum atomic E-state index is 11.2. The zero-order chi connectivity index (χ0) is 11.7. The Morgan fingerprint density at radius 2 is 2.06 bits per heavy atom. The minimum absolute atomic E-state index is 0.0369. The van der Waals surface area contributed by atoms with Gasteiger partial charge in [-0.2, -0.15) is 0 Å².